The summed E-state index contributed by atoms with van der Waals surface area (Å²) in [5.74, 6) is -0.0357. The summed E-state index contributed by atoms with van der Waals surface area (Å²) in [4.78, 5) is 11.6. The molecule has 0 aromatic carbocycles. The smallest absolute Gasteiger partial charge is 0.223 e. The summed E-state index contributed by atoms with van der Waals surface area (Å²) >= 11 is 1.54. The minimum atomic E-state index is -0.440. The molecule has 0 amide bonds. The lowest BCUT2D eigenvalue weighted by atomic mass is 10.6. The van der Waals surface area contributed by atoms with E-state index in [0.29, 0.717) is 12.5 Å². The molecule has 0 aliphatic rings. The SMILES string of the molecule is Fc1cnc(NCc2nccs2)nc1. The normalized spacial score (nSPS) is 10.1. The van der Waals surface area contributed by atoms with Crippen LogP contribution < -0.4 is 5.32 Å². The largest absolute Gasteiger partial charge is 0.348 e. The van der Waals surface area contributed by atoms with Gasteiger partial charge in [-0.1, -0.05) is 0 Å². The molecule has 0 aliphatic carbocycles. The van der Waals surface area contributed by atoms with Crippen LogP contribution in [0.2, 0.25) is 0 Å². The average molecular weight is 210 g/mol. The van der Waals surface area contributed by atoms with Crippen molar-refractivity contribution in [2.24, 2.45) is 0 Å². The van der Waals surface area contributed by atoms with Crippen molar-refractivity contribution >= 4 is 17.3 Å². The molecule has 2 aromatic rings. The number of hydrogen-bond donors (Lipinski definition) is 1. The molecule has 2 heterocycles. The van der Waals surface area contributed by atoms with Crippen molar-refractivity contribution in [1.82, 2.24) is 15.0 Å². The van der Waals surface area contributed by atoms with Crippen LogP contribution in [0.4, 0.5) is 10.3 Å². The van der Waals surface area contributed by atoms with E-state index >= 15 is 0 Å². The second-order valence-corrected chi connectivity index (χ2v) is 3.48. The van der Waals surface area contributed by atoms with Gasteiger partial charge in [-0.25, -0.2) is 19.3 Å². The van der Waals surface area contributed by atoms with Crippen molar-refractivity contribution in [3.63, 3.8) is 0 Å². The number of halogens is 1. The Hall–Kier alpha value is -1.56. The van der Waals surface area contributed by atoms with Gasteiger partial charge in [0, 0.05) is 11.6 Å². The average Bonchev–Trinajstić information content (AvgIpc) is 2.70. The molecule has 0 saturated carbocycles. The molecular weight excluding hydrogens is 203 g/mol. The molecular formula is C8H7FN4S. The zero-order valence-electron chi connectivity index (χ0n) is 7.14. The van der Waals surface area contributed by atoms with Gasteiger partial charge in [0.1, 0.15) is 5.01 Å². The highest BCUT2D eigenvalue weighted by molar-refractivity contribution is 7.09. The highest BCUT2D eigenvalue weighted by atomic mass is 32.1. The first-order chi connectivity index (χ1) is 6.84. The molecule has 2 aromatic heterocycles. The molecule has 1 N–H and O–H groups in total. The fourth-order valence-electron chi connectivity index (χ4n) is 0.899. The Bertz CT molecular complexity index is 386. The molecule has 0 aliphatic heterocycles. The molecule has 0 radical (unpaired) electrons. The topological polar surface area (TPSA) is 50.7 Å². The van der Waals surface area contributed by atoms with Crippen molar-refractivity contribution in [1.29, 1.82) is 0 Å². The lowest BCUT2D eigenvalue weighted by molar-refractivity contribution is 0.614. The monoisotopic (exact) mass is 210 g/mol. The molecule has 0 spiro atoms. The van der Waals surface area contributed by atoms with Crippen LogP contribution in [0, 0.1) is 5.82 Å². The van der Waals surface area contributed by atoms with Gasteiger partial charge in [0.25, 0.3) is 0 Å². The van der Waals surface area contributed by atoms with Gasteiger partial charge < -0.3 is 5.32 Å². The van der Waals surface area contributed by atoms with E-state index in [1.165, 1.54) is 0 Å². The van der Waals surface area contributed by atoms with Gasteiger partial charge in [0.2, 0.25) is 5.95 Å². The Morgan fingerprint density at radius 2 is 2.07 bits per heavy atom. The Balaban J connectivity index is 1.95. The van der Waals surface area contributed by atoms with Crippen LogP contribution in [0.3, 0.4) is 0 Å². The zero-order chi connectivity index (χ0) is 9.80. The Kier molecular flexibility index (Phi) is 2.64. The van der Waals surface area contributed by atoms with Gasteiger partial charge in [-0.3, -0.25) is 0 Å². The second-order valence-electron chi connectivity index (χ2n) is 2.50. The number of nitrogens with zero attached hydrogens (tertiary/aromatic N) is 3. The molecule has 6 heteroatoms. The van der Waals surface area contributed by atoms with Gasteiger partial charge in [0.05, 0.1) is 18.9 Å². The summed E-state index contributed by atoms with van der Waals surface area (Å²) < 4.78 is 12.4. The van der Waals surface area contributed by atoms with Crippen LogP contribution in [-0.4, -0.2) is 15.0 Å². The van der Waals surface area contributed by atoms with E-state index in [-0.39, 0.29) is 0 Å². The molecule has 4 nitrogen and oxygen atoms in total. The Morgan fingerprint density at radius 3 is 2.71 bits per heavy atom. The minimum absolute atomic E-state index is 0.404. The standard InChI is InChI=1S/C8H7FN4S/c9-6-3-11-8(12-4-6)13-5-7-10-1-2-14-7/h1-4H,5H2,(H,11,12,13). The maximum Gasteiger partial charge on any atom is 0.223 e. The van der Waals surface area contributed by atoms with Crippen molar-refractivity contribution in [2.75, 3.05) is 5.32 Å². The maximum atomic E-state index is 12.4. The first-order valence-electron chi connectivity index (χ1n) is 3.94. The molecule has 0 saturated heterocycles. The van der Waals surface area contributed by atoms with Crippen molar-refractivity contribution < 1.29 is 4.39 Å². The third-order valence-corrected chi connectivity index (χ3v) is 2.28. The van der Waals surface area contributed by atoms with Crippen LogP contribution in [0.25, 0.3) is 0 Å². The van der Waals surface area contributed by atoms with Crippen LogP contribution in [0.1, 0.15) is 5.01 Å². The maximum absolute atomic E-state index is 12.4. The highest BCUT2D eigenvalue weighted by Gasteiger charge is 1.98. The van der Waals surface area contributed by atoms with Gasteiger partial charge in [-0.2, -0.15) is 0 Å². The number of rotatable bonds is 3. The Labute approximate surface area is 83.9 Å². The summed E-state index contributed by atoms with van der Waals surface area (Å²) in [5.41, 5.74) is 0. The fourth-order valence-corrected chi connectivity index (χ4v) is 1.45. The molecule has 0 unspecified atom stereocenters. The van der Waals surface area contributed by atoms with Gasteiger partial charge >= 0.3 is 0 Å². The molecule has 0 atom stereocenters. The minimum Gasteiger partial charge on any atom is -0.348 e. The first kappa shape index (κ1) is 9.01. The van der Waals surface area contributed by atoms with E-state index in [1.54, 1.807) is 17.5 Å². The third kappa shape index (κ3) is 2.23. The second kappa shape index (κ2) is 4.10. The molecule has 2 rings (SSSR count). The molecule has 0 bridgehead atoms. The van der Waals surface area contributed by atoms with Crippen LogP contribution in [-0.2, 0) is 6.54 Å². The quantitative estimate of drug-likeness (QED) is 0.837. The zero-order valence-corrected chi connectivity index (χ0v) is 7.96. The number of nitrogens with one attached hydrogen (secondary N) is 1. The van der Waals surface area contributed by atoms with E-state index in [4.69, 9.17) is 0 Å². The molecule has 72 valence electrons. The van der Waals surface area contributed by atoms with E-state index in [9.17, 15) is 4.39 Å². The van der Waals surface area contributed by atoms with Crippen molar-refractivity contribution in [2.45, 2.75) is 6.54 Å². The van der Waals surface area contributed by atoms with Crippen LogP contribution in [0.5, 0.6) is 0 Å². The summed E-state index contributed by atoms with van der Waals surface area (Å²) in [5, 5.41) is 5.77. The van der Waals surface area contributed by atoms with E-state index in [2.05, 4.69) is 20.3 Å². The first-order valence-corrected chi connectivity index (χ1v) is 4.82. The lowest BCUT2D eigenvalue weighted by Gasteiger charge is -2.00. The fraction of sp³-hybridized carbons (Fsp3) is 0.125. The van der Waals surface area contributed by atoms with Gasteiger partial charge in [0.15, 0.2) is 5.82 Å². The van der Waals surface area contributed by atoms with Crippen molar-refractivity contribution in [3.8, 4) is 0 Å². The predicted octanol–water partition coefficient (Wildman–Crippen LogP) is 1.68. The number of thiazole rings is 1. The van der Waals surface area contributed by atoms with Gasteiger partial charge in [-0.05, 0) is 0 Å². The molecule has 14 heavy (non-hydrogen) atoms. The summed E-state index contributed by atoms with van der Waals surface area (Å²) in [6, 6.07) is 0. The number of hydrogen-bond acceptors (Lipinski definition) is 5. The number of aromatic nitrogens is 3. The van der Waals surface area contributed by atoms with Crippen LogP contribution >= 0.6 is 11.3 Å². The third-order valence-electron chi connectivity index (χ3n) is 1.50. The van der Waals surface area contributed by atoms with E-state index < -0.39 is 5.82 Å². The van der Waals surface area contributed by atoms with E-state index in [0.717, 1.165) is 17.4 Å². The summed E-state index contributed by atoms with van der Waals surface area (Å²) in [6.45, 7) is 0.559. The van der Waals surface area contributed by atoms with Crippen LogP contribution in [0.15, 0.2) is 24.0 Å². The lowest BCUT2D eigenvalue weighted by Crippen LogP contribution is -2.02. The van der Waals surface area contributed by atoms with Crippen molar-refractivity contribution in [3.05, 3.63) is 34.8 Å². The van der Waals surface area contributed by atoms with E-state index in [1.807, 2.05) is 5.38 Å². The number of anilines is 1. The summed E-state index contributed by atoms with van der Waals surface area (Å²) in [6.07, 6.45) is 3.97. The van der Waals surface area contributed by atoms with Gasteiger partial charge in [-0.15, -0.1) is 11.3 Å². The summed E-state index contributed by atoms with van der Waals surface area (Å²) in [7, 11) is 0. The Morgan fingerprint density at radius 1 is 1.29 bits per heavy atom. The highest BCUT2D eigenvalue weighted by Crippen LogP contribution is 2.06. The molecule has 0 fully saturated rings. The predicted molar refractivity (Wildman–Crippen MR) is 51.4 cm³/mol.